The van der Waals surface area contributed by atoms with E-state index in [9.17, 15) is 9.59 Å². The standard InChI is InChI=1S/C26H30N4O4/c1-33-20-8-6-19(7-9-20)28-13-15-29(16-14-28)25(31)18-34-21-10-11-23-22(17-21)26(32)30-12-4-2-3-5-24(30)27-23/h6-11,17H,2-5,12-16,18H2,1H3. The Morgan fingerprint density at radius 3 is 2.47 bits per heavy atom. The van der Waals surface area contributed by atoms with Crippen LogP contribution in [-0.4, -0.2) is 60.3 Å². The van der Waals surface area contributed by atoms with E-state index >= 15 is 0 Å². The molecule has 2 aliphatic heterocycles. The van der Waals surface area contributed by atoms with Crippen LogP contribution in [0.4, 0.5) is 5.69 Å². The Bertz CT molecular complexity index is 1230. The highest BCUT2D eigenvalue weighted by atomic mass is 16.5. The number of methoxy groups -OCH3 is 1. The molecule has 1 saturated heterocycles. The summed E-state index contributed by atoms with van der Waals surface area (Å²) < 4.78 is 12.8. The van der Waals surface area contributed by atoms with Crippen molar-refractivity contribution < 1.29 is 14.3 Å². The smallest absolute Gasteiger partial charge is 0.261 e. The Balaban J connectivity index is 1.20. The largest absolute Gasteiger partial charge is 0.497 e. The van der Waals surface area contributed by atoms with Gasteiger partial charge in [-0.1, -0.05) is 6.42 Å². The fourth-order valence-corrected chi connectivity index (χ4v) is 4.73. The van der Waals surface area contributed by atoms with Crippen LogP contribution in [-0.2, 0) is 17.8 Å². The predicted molar refractivity (Wildman–Crippen MR) is 131 cm³/mol. The molecule has 0 saturated carbocycles. The third-order valence-electron chi connectivity index (χ3n) is 6.72. The lowest BCUT2D eigenvalue weighted by Gasteiger charge is -2.36. The number of piperazine rings is 1. The van der Waals surface area contributed by atoms with Crippen LogP contribution in [0, 0.1) is 0 Å². The van der Waals surface area contributed by atoms with Crippen molar-refractivity contribution in [3.05, 3.63) is 58.6 Å². The summed E-state index contributed by atoms with van der Waals surface area (Å²) in [6.45, 7) is 3.48. The monoisotopic (exact) mass is 462 g/mol. The number of anilines is 1. The lowest BCUT2D eigenvalue weighted by Crippen LogP contribution is -2.50. The first-order valence-corrected chi connectivity index (χ1v) is 12.0. The summed E-state index contributed by atoms with van der Waals surface area (Å²) in [4.78, 5) is 34.6. The fourth-order valence-electron chi connectivity index (χ4n) is 4.73. The van der Waals surface area contributed by atoms with Crippen molar-refractivity contribution in [2.45, 2.75) is 32.2 Å². The zero-order valence-corrected chi connectivity index (χ0v) is 19.5. The van der Waals surface area contributed by atoms with Crippen molar-refractivity contribution in [3.63, 3.8) is 0 Å². The number of hydrogen-bond donors (Lipinski definition) is 0. The van der Waals surface area contributed by atoms with Gasteiger partial charge in [0, 0.05) is 44.8 Å². The van der Waals surface area contributed by atoms with E-state index < -0.39 is 0 Å². The number of rotatable bonds is 5. The van der Waals surface area contributed by atoms with E-state index in [1.807, 2.05) is 35.2 Å². The van der Waals surface area contributed by atoms with Crippen molar-refractivity contribution in [2.24, 2.45) is 0 Å². The minimum absolute atomic E-state index is 0.0201. The molecule has 5 rings (SSSR count). The van der Waals surface area contributed by atoms with Crippen molar-refractivity contribution >= 4 is 22.5 Å². The molecule has 2 aromatic carbocycles. The lowest BCUT2D eigenvalue weighted by atomic mass is 10.2. The van der Waals surface area contributed by atoms with Crippen LogP contribution in [0.25, 0.3) is 10.9 Å². The molecule has 0 radical (unpaired) electrons. The second kappa shape index (κ2) is 9.75. The minimum Gasteiger partial charge on any atom is -0.497 e. The molecule has 8 nitrogen and oxygen atoms in total. The molecule has 0 N–H and O–H groups in total. The van der Waals surface area contributed by atoms with E-state index in [4.69, 9.17) is 14.5 Å². The summed E-state index contributed by atoms with van der Waals surface area (Å²) in [6.07, 6.45) is 4.01. The van der Waals surface area contributed by atoms with Gasteiger partial charge in [0.1, 0.15) is 17.3 Å². The number of aryl methyl sites for hydroxylation is 1. The number of fused-ring (bicyclic) bond motifs is 2. The number of amides is 1. The summed E-state index contributed by atoms with van der Waals surface area (Å²) in [5, 5.41) is 0.545. The third kappa shape index (κ3) is 4.58. The number of carbonyl (C=O) groups is 1. The van der Waals surface area contributed by atoms with Gasteiger partial charge < -0.3 is 19.3 Å². The first-order chi connectivity index (χ1) is 16.6. The topological polar surface area (TPSA) is 76.9 Å². The zero-order chi connectivity index (χ0) is 23.5. The maximum Gasteiger partial charge on any atom is 0.261 e. The summed E-state index contributed by atoms with van der Waals surface area (Å²) >= 11 is 0. The molecular weight excluding hydrogens is 432 g/mol. The second-order valence-corrected chi connectivity index (χ2v) is 8.83. The fraction of sp³-hybridized carbons (Fsp3) is 0.423. The van der Waals surface area contributed by atoms with Crippen LogP contribution in [0.3, 0.4) is 0 Å². The van der Waals surface area contributed by atoms with Gasteiger partial charge >= 0.3 is 0 Å². The zero-order valence-electron chi connectivity index (χ0n) is 19.5. The Kier molecular flexibility index (Phi) is 6.38. The molecule has 0 bridgehead atoms. The maximum absolute atomic E-state index is 13.0. The number of ether oxygens (including phenoxy) is 2. The lowest BCUT2D eigenvalue weighted by molar-refractivity contribution is -0.133. The molecule has 1 fully saturated rings. The number of hydrogen-bond acceptors (Lipinski definition) is 6. The number of benzene rings is 2. The van der Waals surface area contributed by atoms with Crippen LogP contribution in [0.5, 0.6) is 11.5 Å². The molecular formula is C26H30N4O4. The van der Waals surface area contributed by atoms with E-state index in [2.05, 4.69) is 4.90 Å². The van der Waals surface area contributed by atoms with Gasteiger partial charge in [-0.15, -0.1) is 0 Å². The molecule has 8 heteroatoms. The minimum atomic E-state index is -0.0498. The molecule has 0 unspecified atom stereocenters. The summed E-state index contributed by atoms with van der Waals surface area (Å²) in [5.74, 6) is 2.17. The molecule has 1 aromatic heterocycles. The SMILES string of the molecule is COc1ccc(N2CCN(C(=O)COc3ccc4nc5n(c(=O)c4c3)CCCCC5)CC2)cc1. The van der Waals surface area contributed by atoms with Gasteiger partial charge in [0.2, 0.25) is 0 Å². The molecule has 3 heterocycles. The van der Waals surface area contributed by atoms with Crippen LogP contribution < -0.4 is 19.9 Å². The van der Waals surface area contributed by atoms with Crippen molar-refractivity contribution in [1.29, 1.82) is 0 Å². The normalized spacial score (nSPS) is 16.1. The number of nitrogens with zero attached hydrogens (tertiary/aromatic N) is 4. The predicted octanol–water partition coefficient (Wildman–Crippen LogP) is 2.86. The Morgan fingerprint density at radius 2 is 1.71 bits per heavy atom. The van der Waals surface area contributed by atoms with Crippen LogP contribution in [0.15, 0.2) is 47.3 Å². The molecule has 3 aromatic rings. The number of aromatic nitrogens is 2. The van der Waals surface area contributed by atoms with E-state index in [0.29, 0.717) is 36.3 Å². The van der Waals surface area contributed by atoms with Gasteiger partial charge in [-0.25, -0.2) is 4.98 Å². The Labute approximate surface area is 198 Å². The van der Waals surface area contributed by atoms with Crippen molar-refractivity contribution in [3.8, 4) is 11.5 Å². The average Bonchev–Trinajstić information content (AvgIpc) is 3.13. The molecule has 34 heavy (non-hydrogen) atoms. The molecule has 0 spiro atoms. The highest BCUT2D eigenvalue weighted by Crippen LogP contribution is 2.22. The molecule has 1 amide bonds. The van der Waals surface area contributed by atoms with Gasteiger partial charge in [0.05, 0.1) is 18.0 Å². The maximum atomic E-state index is 13.0. The summed E-state index contributed by atoms with van der Waals surface area (Å²) in [5.41, 5.74) is 1.79. The number of carbonyl (C=O) groups excluding carboxylic acids is 1. The van der Waals surface area contributed by atoms with Gasteiger partial charge in [0.15, 0.2) is 6.61 Å². The van der Waals surface area contributed by atoms with E-state index in [1.54, 1.807) is 23.8 Å². The first-order valence-electron chi connectivity index (χ1n) is 12.0. The van der Waals surface area contributed by atoms with Crippen LogP contribution >= 0.6 is 0 Å². The molecule has 178 valence electrons. The highest BCUT2D eigenvalue weighted by molar-refractivity contribution is 5.80. The van der Waals surface area contributed by atoms with E-state index in [1.165, 1.54) is 0 Å². The van der Waals surface area contributed by atoms with E-state index in [-0.39, 0.29) is 18.1 Å². The average molecular weight is 463 g/mol. The van der Waals surface area contributed by atoms with Crippen molar-refractivity contribution in [2.75, 3.05) is 44.8 Å². The highest BCUT2D eigenvalue weighted by Gasteiger charge is 2.22. The molecule has 2 aliphatic rings. The third-order valence-corrected chi connectivity index (χ3v) is 6.72. The summed E-state index contributed by atoms with van der Waals surface area (Å²) in [7, 11) is 1.66. The van der Waals surface area contributed by atoms with Gasteiger partial charge in [0.25, 0.3) is 11.5 Å². The van der Waals surface area contributed by atoms with Crippen LogP contribution in [0.1, 0.15) is 25.1 Å². The Morgan fingerprint density at radius 1 is 0.941 bits per heavy atom. The molecule has 0 aliphatic carbocycles. The Hall–Kier alpha value is -3.55. The van der Waals surface area contributed by atoms with Gasteiger partial charge in [-0.05, 0) is 55.3 Å². The van der Waals surface area contributed by atoms with Gasteiger partial charge in [-0.2, -0.15) is 0 Å². The van der Waals surface area contributed by atoms with Gasteiger partial charge in [-0.3, -0.25) is 14.2 Å². The quantitative estimate of drug-likeness (QED) is 0.580. The molecule has 0 atom stereocenters. The van der Waals surface area contributed by atoms with Crippen LogP contribution in [0.2, 0.25) is 0 Å². The summed E-state index contributed by atoms with van der Waals surface area (Å²) in [6, 6.07) is 13.3. The first kappa shape index (κ1) is 22.3. The second-order valence-electron chi connectivity index (χ2n) is 8.83. The van der Waals surface area contributed by atoms with E-state index in [0.717, 1.165) is 56.0 Å². The van der Waals surface area contributed by atoms with Crippen molar-refractivity contribution in [1.82, 2.24) is 14.5 Å².